The molecule has 0 spiro atoms. The van der Waals surface area contributed by atoms with E-state index in [9.17, 15) is 9.59 Å². The highest BCUT2D eigenvalue weighted by atomic mass is 16.5. The molecule has 0 saturated heterocycles. The number of carboxylic acid groups (broad SMARTS) is 1. The monoisotopic (exact) mass is 240 g/mol. The van der Waals surface area contributed by atoms with Crippen LogP contribution in [-0.2, 0) is 4.74 Å². The van der Waals surface area contributed by atoms with Gasteiger partial charge in [-0.3, -0.25) is 0 Å². The summed E-state index contributed by atoms with van der Waals surface area (Å²) in [6, 6.07) is 2.67. The summed E-state index contributed by atoms with van der Waals surface area (Å²) in [4.78, 5) is 22.6. The molecule has 0 aliphatic carbocycles. The summed E-state index contributed by atoms with van der Waals surface area (Å²) in [7, 11) is 3.86. The van der Waals surface area contributed by atoms with Crippen LogP contribution in [0.5, 0.6) is 11.5 Å². The lowest BCUT2D eigenvalue weighted by Gasteiger charge is -2.13. The fourth-order valence-corrected chi connectivity index (χ4v) is 1.41. The van der Waals surface area contributed by atoms with Crippen LogP contribution in [0.2, 0.25) is 0 Å². The van der Waals surface area contributed by atoms with E-state index in [2.05, 4.69) is 4.74 Å². The Morgan fingerprint density at radius 1 is 1.12 bits per heavy atom. The summed E-state index contributed by atoms with van der Waals surface area (Å²) in [6.45, 7) is 0. The van der Waals surface area contributed by atoms with Gasteiger partial charge >= 0.3 is 11.9 Å². The van der Waals surface area contributed by atoms with Crippen LogP contribution in [0.4, 0.5) is 0 Å². The molecule has 0 bridgehead atoms. The minimum absolute atomic E-state index is 0.0410. The van der Waals surface area contributed by atoms with E-state index < -0.39 is 11.9 Å². The van der Waals surface area contributed by atoms with Crippen LogP contribution in [0.15, 0.2) is 12.1 Å². The molecular formula is C11H12O6. The van der Waals surface area contributed by atoms with E-state index in [-0.39, 0.29) is 22.6 Å². The van der Waals surface area contributed by atoms with Crippen LogP contribution in [0.25, 0.3) is 0 Å². The van der Waals surface area contributed by atoms with Gasteiger partial charge in [0.15, 0.2) is 11.5 Å². The Hall–Kier alpha value is -2.24. The zero-order chi connectivity index (χ0) is 13.0. The van der Waals surface area contributed by atoms with Crippen molar-refractivity contribution in [1.29, 1.82) is 0 Å². The second kappa shape index (κ2) is 5.20. The molecule has 1 rings (SSSR count). The molecule has 6 nitrogen and oxygen atoms in total. The molecule has 1 aromatic rings. The molecule has 17 heavy (non-hydrogen) atoms. The van der Waals surface area contributed by atoms with Gasteiger partial charge in [0.05, 0.1) is 26.9 Å². The highest BCUT2D eigenvalue weighted by Crippen LogP contribution is 2.33. The van der Waals surface area contributed by atoms with E-state index in [1.165, 1.54) is 26.4 Å². The Balaban J connectivity index is 3.55. The third kappa shape index (κ3) is 2.30. The minimum Gasteiger partial charge on any atom is -0.493 e. The van der Waals surface area contributed by atoms with Crippen LogP contribution in [0.3, 0.4) is 0 Å². The molecular weight excluding hydrogens is 228 g/mol. The molecule has 0 heterocycles. The molecule has 6 heteroatoms. The van der Waals surface area contributed by atoms with Crippen molar-refractivity contribution in [2.75, 3.05) is 21.3 Å². The van der Waals surface area contributed by atoms with Crippen LogP contribution < -0.4 is 9.47 Å². The summed E-state index contributed by atoms with van der Waals surface area (Å²) < 4.78 is 14.5. The number of carbonyl (C=O) groups is 2. The molecule has 0 aromatic heterocycles. The Kier molecular flexibility index (Phi) is 3.92. The van der Waals surface area contributed by atoms with Crippen LogP contribution in [-0.4, -0.2) is 38.4 Å². The Bertz CT molecular complexity index is 452. The van der Waals surface area contributed by atoms with Gasteiger partial charge in [0, 0.05) is 0 Å². The van der Waals surface area contributed by atoms with Crippen molar-refractivity contribution in [3.63, 3.8) is 0 Å². The first-order chi connectivity index (χ1) is 8.06. The zero-order valence-electron chi connectivity index (χ0n) is 9.64. The number of ether oxygens (including phenoxy) is 3. The number of rotatable bonds is 4. The third-order valence-corrected chi connectivity index (χ3v) is 2.17. The van der Waals surface area contributed by atoms with Crippen molar-refractivity contribution in [3.8, 4) is 11.5 Å². The first kappa shape index (κ1) is 12.8. The average Bonchev–Trinajstić information content (AvgIpc) is 2.35. The van der Waals surface area contributed by atoms with Crippen molar-refractivity contribution < 1.29 is 28.9 Å². The first-order valence-electron chi connectivity index (χ1n) is 4.63. The Labute approximate surface area is 97.7 Å². The highest BCUT2D eigenvalue weighted by molar-refractivity contribution is 6.05. The van der Waals surface area contributed by atoms with E-state index >= 15 is 0 Å². The van der Waals surface area contributed by atoms with Crippen molar-refractivity contribution in [2.24, 2.45) is 0 Å². The lowest BCUT2D eigenvalue weighted by atomic mass is 10.1. The standard InChI is InChI=1S/C11H12O6/c1-15-7-5-4-6(10(12)13)8(9(7)16-2)11(14)17-3/h4-5H,1-3H3,(H,12,13). The van der Waals surface area contributed by atoms with E-state index in [1.54, 1.807) is 0 Å². The van der Waals surface area contributed by atoms with E-state index in [0.717, 1.165) is 7.11 Å². The van der Waals surface area contributed by atoms with Crippen molar-refractivity contribution >= 4 is 11.9 Å². The fourth-order valence-electron chi connectivity index (χ4n) is 1.41. The lowest BCUT2D eigenvalue weighted by Crippen LogP contribution is -2.12. The van der Waals surface area contributed by atoms with Gasteiger partial charge < -0.3 is 19.3 Å². The van der Waals surface area contributed by atoms with Crippen LogP contribution >= 0.6 is 0 Å². The number of esters is 1. The van der Waals surface area contributed by atoms with E-state index in [1.807, 2.05) is 0 Å². The van der Waals surface area contributed by atoms with Crippen molar-refractivity contribution in [2.45, 2.75) is 0 Å². The molecule has 0 radical (unpaired) electrons. The number of methoxy groups -OCH3 is 3. The molecule has 0 amide bonds. The summed E-state index contributed by atoms with van der Waals surface area (Å²) in [6.07, 6.45) is 0. The van der Waals surface area contributed by atoms with Gasteiger partial charge in [-0.15, -0.1) is 0 Å². The molecule has 0 atom stereocenters. The van der Waals surface area contributed by atoms with Crippen molar-refractivity contribution in [1.82, 2.24) is 0 Å². The van der Waals surface area contributed by atoms with Crippen molar-refractivity contribution in [3.05, 3.63) is 23.3 Å². The predicted molar refractivity (Wildman–Crippen MR) is 57.8 cm³/mol. The number of carboxylic acids is 1. The topological polar surface area (TPSA) is 82.1 Å². The summed E-state index contributed by atoms with van der Waals surface area (Å²) in [5, 5.41) is 8.99. The minimum atomic E-state index is -1.24. The summed E-state index contributed by atoms with van der Waals surface area (Å²) >= 11 is 0. The van der Waals surface area contributed by atoms with Crippen LogP contribution in [0, 0.1) is 0 Å². The molecule has 1 aromatic carbocycles. The van der Waals surface area contributed by atoms with Crippen LogP contribution in [0.1, 0.15) is 20.7 Å². The number of hydrogen-bond donors (Lipinski definition) is 1. The predicted octanol–water partition coefficient (Wildman–Crippen LogP) is 1.19. The van der Waals surface area contributed by atoms with Gasteiger partial charge in [0.2, 0.25) is 0 Å². The molecule has 0 fully saturated rings. The normalized spacial score (nSPS) is 9.59. The summed E-state index contributed by atoms with van der Waals surface area (Å²) in [5.74, 6) is -1.73. The largest absolute Gasteiger partial charge is 0.493 e. The second-order valence-corrected chi connectivity index (χ2v) is 3.02. The lowest BCUT2D eigenvalue weighted by molar-refractivity contribution is 0.0578. The number of aromatic carboxylic acids is 1. The van der Waals surface area contributed by atoms with Gasteiger partial charge in [-0.1, -0.05) is 0 Å². The smallest absolute Gasteiger partial charge is 0.342 e. The number of benzene rings is 1. The van der Waals surface area contributed by atoms with Gasteiger partial charge in [-0.25, -0.2) is 9.59 Å². The molecule has 0 unspecified atom stereocenters. The fraction of sp³-hybridized carbons (Fsp3) is 0.273. The summed E-state index contributed by atoms with van der Waals surface area (Å²) in [5.41, 5.74) is -0.364. The SMILES string of the molecule is COC(=O)c1c(C(=O)O)ccc(OC)c1OC. The Morgan fingerprint density at radius 3 is 2.18 bits per heavy atom. The molecule has 0 aliphatic heterocycles. The number of hydrogen-bond acceptors (Lipinski definition) is 5. The van der Waals surface area contributed by atoms with Gasteiger partial charge in [-0.2, -0.15) is 0 Å². The maximum atomic E-state index is 11.6. The first-order valence-corrected chi connectivity index (χ1v) is 4.63. The van der Waals surface area contributed by atoms with Gasteiger partial charge in [0.25, 0.3) is 0 Å². The third-order valence-electron chi connectivity index (χ3n) is 2.17. The number of carbonyl (C=O) groups excluding carboxylic acids is 1. The molecule has 92 valence electrons. The van der Waals surface area contributed by atoms with Gasteiger partial charge in [0.1, 0.15) is 5.56 Å². The van der Waals surface area contributed by atoms with E-state index in [0.29, 0.717) is 0 Å². The maximum Gasteiger partial charge on any atom is 0.342 e. The highest BCUT2D eigenvalue weighted by Gasteiger charge is 2.25. The quantitative estimate of drug-likeness (QED) is 0.796. The molecule has 0 aliphatic rings. The molecule has 1 N–H and O–H groups in total. The Morgan fingerprint density at radius 2 is 1.76 bits per heavy atom. The van der Waals surface area contributed by atoms with Gasteiger partial charge in [-0.05, 0) is 12.1 Å². The molecule has 0 saturated carbocycles. The zero-order valence-corrected chi connectivity index (χ0v) is 9.64. The average molecular weight is 240 g/mol. The maximum absolute atomic E-state index is 11.6. The second-order valence-electron chi connectivity index (χ2n) is 3.02. The van der Waals surface area contributed by atoms with E-state index in [4.69, 9.17) is 14.6 Å².